The van der Waals surface area contributed by atoms with Gasteiger partial charge >= 0.3 is 6.09 Å². The molecule has 0 saturated heterocycles. The normalized spacial score (nSPS) is 18.1. The number of hydrogen-bond acceptors (Lipinski definition) is 4. The number of methoxy groups -OCH3 is 1. The van der Waals surface area contributed by atoms with Crippen molar-refractivity contribution in [3.05, 3.63) is 29.3 Å². The molecule has 5 heteroatoms. The fourth-order valence-corrected chi connectivity index (χ4v) is 2.54. The number of aliphatic hydroxyl groups excluding tert-OH is 1. The number of ether oxygens (including phenoxy) is 2. The second kappa shape index (κ2) is 5.93. The van der Waals surface area contributed by atoms with Gasteiger partial charge in [0.25, 0.3) is 0 Å². The third-order valence-corrected chi connectivity index (χ3v) is 3.51. The molecule has 1 atom stereocenters. The van der Waals surface area contributed by atoms with E-state index >= 15 is 0 Å². The maximum atomic E-state index is 12.3. The Labute approximate surface area is 125 Å². The van der Waals surface area contributed by atoms with Crippen molar-refractivity contribution in [1.82, 2.24) is 4.90 Å². The van der Waals surface area contributed by atoms with Gasteiger partial charge in [-0.1, -0.05) is 6.07 Å². The molecule has 1 aromatic carbocycles. The minimum atomic E-state index is -0.550. The lowest BCUT2D eigenvalue weighted by Crippen LogP contribution is -2.44. The molecule has 0 fully saturated rings. The molecule has 0 radical (unpaired) electrons. The van der Waals surface area contributed by atoms with Crippen molar-refractivity contribution < 1.29 is 19.4 Å². The first kappa shape index (κ1) is 15.6. The van der Waals surface area contributed by atoms with Crippen molar-refractivity contribution in [2.45, 2.75) is 38.8 Å². The maximum absolute atomic E-state index is 12.3. The molecule has 1 amide bonds. The van der Waals surface area contributed by atoms with E-state index in [-0.39, 0.29) is 6.61 Å². The van der Waals surface area contributed by atoms with Crippen LogP contribution in [0.5, 0.6) is 5.75 Å². The quantitative estimate of drug-likeness (QED) is 0.910. The molecule has 116 valence electrons. The summed E-state index contributed by atoms with van der Waals surface area (Å²) in [7, 11) is 1.60. The standard InChI is InChI=1S/C16H23NO4/c1-16(2,3)21-15(19)17-8-7-11-5-6-12(20-4)9-13(11)14(17)10-18/h5-6,9,14,18H,7-8,10H2,1-4H3. The lowest BCUT2D eigenvalue weighted by molar-refractivity contribution is 0.00691. The number of aliphatic hydroxyl groups is 1. The third kappa shape index (κ3) is 3.47. The monoisotopic (exact) mass is 293 g/mol. The van der Waals surface area contributed by atoms with Gasteiger partial charge in [0.1, 0.15) is 11.4 Å². The van der Waals surface area contributed by atoms with Gasteiger partial charge < -0.3 is 14.6 Å². The minimum absolute atomic E-state index is 0.139. The molecule has 0 saturated carbocycles. The summed E-state index contributed by atoms with van der Waals surface area (Å²) in [5, 5.41) is 9.73. The van der Waals surface area contributed by atoms with Crippen LogP contribution in [0.15, 0.2) is 18.2 Å². The zero-order chi connectivity index (χ0) is 15.6. The highest BCUT2D eigenvalue weighted by atomic mass is 16.6. The van der Waals surface area contributed by atoms with E-state index in [9.17, 15) is 9.90 Å². The molecule has 1 unspecified atom stereocenters. The second-order valence-corrected chi connectivity index (χ2v) is 6.19. The van der Waals surface area contributed by atoms with Crippen molar-refractivity contribution in [3.63, 3.8) is 0 Å². The van der Waals surface area contributed by atoms with Crippen LogP contribution in [0.2, 0.25) is 0 Å². The van der Waals surface area contributed by atoms with Gasteiger partial charge in [-0.25, -0.2) is 4.79 Å². The molecular weight excluding hydrogens is 270 g/mol. The molecule has 2 rings (SSSR count). The number of rotatable bonds is 2. The Kier molecular flexibility index (Phi) is 4.42. The average Bonchev–Trinajstić information content (AvgIpc) is 2.43. The Morgan fingerprint density at radius 1 is 1.43 bits per heavy atom. The number of nitrogens with zero attached hydrogens (tertiary/aromatic N) is 1. The minimum Gasteiger partial charge on any atom is -0.497 e. The lowest BCUT2D eigenvalue weighted by Gasteiger charge is -2.37. The molecule has 1 aliphatic heterocycles. The van der Waals surface area contributed by atoms with Crippen LogP contribution in [0.4, 0.5) is 4.79 Å². The molecule has 0 spiro atoms. The molecular formula is C16H23NO4. The number of carbonyl (C=O) groups excluding carboxylic acids is 1. The Hall–Kier alpha value is -1.75. The Balaban J connectivity index is 2.28. The predicted molar refractivity (Wildman–Crippen MR) is 79.5 cm³/mol. The fraction of sp³-hybridized carbons (Fsp3) is 0.562. The van der Waals surface area contributed by atoms with Crippen LogP contribution in [0.25, 0.3) is 0 Å². The highest BCUT2D eigenvalue weighted by Gasteiger charge is 2.33. The van der Waals surface area contributed by atoms with Crippen molar-refractivity contribution in [2.75, 3.05) is 20.3 Å². The van der Waals surface area contributed by atoms with E-state index in [1.165, 1.54) is 0 Å². The number of hydrogen-bond donors (Lipinski definition) is 1. The maximum Gasteiger partial charge on any atom is 0.410 e. The molecule has 1 aromatic rings. The predicted octanol–water partition coefficient (Wildman–Crippen LogP) is 2.52. The van der Waals surface area contributed by atoms with Crippen LogP contribution in [-0.2, 0) is 11.2 Å². The number of benzene rings is 1. The van der Waals surface area contributed by atoms with Crippen LogP contribution in [0.1, 0.15) is 37.9 Å². The van der Waals surface area contributed by atoms with Gasteiger partial charge in [-0.15, -0.1) is 0 Å². The van der Waals surface area contributed by atoms with Gasteiger partial charge in [0, 0.05) is 6.54 Å². The summed E-state index contributed by atoms with van der Waals surface area (Å²) in [6, 6.07) is 5.38. The molecule has 21 heavy (non-hydrogen) atoms. The Morgan fingerprint density at radius 2 is 2.14 bits per heavy atom. The highest BCUT2D eigenvalue weighted by molar-refractivity contribution is 5.69. The second-order valence-electron chi connectivity index (χ2n) is 6.19. The summed E-state index contributed by atoms with van der Waals surface area (Å²) in [6.45, 7) is 5.90. The Morgan fingerprint density at radius 3 is 2.71 bits per heavy atom. The average molecular weight is 293 g/mol. The van der Waals surface area contributed by atoms with Crippen molar-refractivity contribution in [3.8, 4) is 5.75 Å². The molecule has 1 aliphatic rings. The largest absolute Gasteiger partial charge is 0.497 e. The van der Waals surface area contributed by atoms with E-state index in [1.54, 1.807) is 12.0 Å². The summed E-state index contributed by atoms with van der Waals surface area (Å²) < 4.78 is 10.7. The molecule has 0 aliphatic carbocycles. The smallest absolute Gasteiger partial charge is 0.410 e. The van der Waals surface area contributed by atoms with Crippen LogP contribution >= 0.6 is 0 Å². The van der Waals surface area contributed by atoms with Crippen LogP contribution in [-0.4, -0.2) is 42.0 Å². The molecule has 0 bridgehead atoms. The summed E-state index contributed by atoms with van der Waals surface area (Å²) in [6.07, 6.45) is 0.352. The van der Waals surface area contributed by atoms with E-state index in [1.807, 2.05) is 39.0 Å². The fourth-order valence-electron chi connectivity index (χ4n) is 2.54. The first-order chi connectivity index (χ1) is 9.85. The van der Waals surface area contributed by atoms with Gasteiger partial charge in [-0.05, 0) is 50.5 Å². The summed E-state index contributed by atoms with van der Waals surface area (Å²) in [5.74, 6) is 0.721. The molecule has 1 N–H and O–H groups in total. The van der Waals surface area contributed by atoms with E-state index in [4.69, 9.17) is 9.47 Å². The van der Waals surface area contributed by atoms with Gasteiger partial charge in [0.15, 0.2) is 0 Å². The molecule has 5 nitrogen and oxygen atoms in total. The van der Waals surface area contributed by atoms with E-state index in [0.29, 0.717) is 6.54 Å². The van der Waals surface area contributed by atoms with Gasteiger partial charge in [0.2, 0.25) is 0 Å². The topological polar surface area (TPSA) is 59.0 Å². The lowest BCUT2D eigenvalue weighted by atomic mass is 9.93. The van der Waals surface area contributed by atoms with E-state index in [0.717, 1.165) is 23.3 Å². The summed E-state index contributed by atoms with van der Waals surface area (Å²) >= 11 is 0. The SMILES string of the molecule is COc1ccc2c(c1)C(CO)N(C(=O)OC(C)(C)C)CC2. The third-order valence-electron chi connectivity index (χ3n) is 3.51. The van der Waals surface area contributed by atoms with Crippen LogP contribution in [0.3, 0.4) is 0 Å². The Bertz CT molecular complexity index is 521. The van der Waals surface area contributed by atoms with Gasteiger partial charge in [-0.3, -0.25) is 4.90 Å². The first-order valence-corrected chi connectivity index (χ1v) is 7.13. The highest BCUT2D eigenvalue weighted by Crippen LogP contribution is 2.33. The van der Waals surface area contributed by atoms with Crippen molar-refractivity contribution >= 4 is 6.09 Å². The van der Waals surface area contributed by atoms with Crippen LogP contribution in [0, 0.1) is 0 Å². The number of carbonyl (C=O) groups is 1. The zero-order valence-corrected chi connectivity index (χ0v) is 13.0. The van der Waals surface area contributed by atoms with Crippen molar-refractivity contribution in [2.24, 2.45) is 0 Å². The first-order valence-electron chi connectivity index (χ1n) is 7.13. The van der Waals surface area contributed by atoms with Gasteiger partial charge in [0.05, 0.1) is 19.8 Å². The van der Waals surface area contributed by atoms with E-state index < -0.39 is 17.7 Å². The van der Waals surface area contributed by atoms with E-state index in [2.05, 4.69) is 0 Å². The number of fused-ring (bicyclic) bond motifs is 1. The molecule has 0 aromatic heterocycles. The summed E-state index contributed by atoms with van der Waals surface area (Å²) in [5.41, 5.74) is 1.51. The van der Waals surface area contributed by atoms with Gasteiger partial charge in [-0.2, -0.15) is 0 Å². The molecule has 1 heterocycles. The summed E-state index contributed by atoms with van der Waals surface area (Å²) in [4.78, 5) is 13.9. The van der Waals surface area contributed by atoms with Crippen molar-refractivity contribution in [1.29, 1.82) is 0 Å². The number of amides is 1. The zero-order valence-electron chi connectivity index (χ0n) is 13.0. The van der Waals surface area contributed by atoms with Crippen LogP contribution < -0.4 is 4.74 Å².